The van der Waals surface area contributed by atoms with Crippen LogP contribution < -0.4 is 38.1 Å². The van der Waals surface area contributed by atoms with E-state index in [-0.39, 0.29) is 51.1 Å². The van der Waals surface area contributed by atoms with E-state index in [1.165, 1.54) is 9.80 Å². The van der Waals surface area contributed by atoms with Crippen molar-refractivity contribution in [3.8, 4) is 0 Å². The molecule has 61 heavy (non-hydrogen) atoms. The molecule has 2 heterocycles. The molecule has 2 rings (SSSR count). The Hall–Kier alpha value is -4.89. The highest BCUT2D eigenvalue weighted by Crippen LogP contribution is 2.24. The fourth-order valence-electron chi connectivity index (χ4n) is 7.41. The number of aliphatic hydroxyl groups excluding tert-OH is 1. The maximum absolute atomic E-state index is 14.3. The van der Waals surface area contributed by atoms with E-state index in [9.17, 15) is 53.4 Å². The Kier molecular flexibility index (Phi) is 21.5. The number of carboxylic acid groups (broad SMARTS) is 2. The summed E-state index contributed by atoms with van der Waals surface area (Å²) in [7, 11) is 0. The van der Waals surface area contributed by atoms with Crippen LogP contribution in [-0.4, -0.2) is 153 Å². The Labute approximate surface area is 357 Å². The Morgan fingerprint density at radius 2 is 1.18 bits per heavy atom. The lowest BCUT2D eigenvalue weighted by Crippen LogP contribution is -2.61. The molecule has 0 spiro atoms. The zero-order valence-electron chi connectivity index (χ0n) is 36.3. The topological polar surface area (TPSA) is 333 Å². The van der Waals surface area contributed by atoms with E-state index in [2.05, 4.69) is 26.6 Å². The molecular weight excluding hydrogens is 798 g/mol. The number of aliphatic hydroxyl groups is 1. The quantitative estimate of drug-likeness (QED) is 0.0451. The molecule has 7 amide bonds. The third kappa shape index (κ3) is 15.8. The Bertz CT molecular complexity index is 1560. The predicted molar refractivity (Wildman–Crippen MR) is 221 cm³/mol. The fraction of sp³-hybridized carbons (Fsp3) is 0.775. The van der Waals surface area contributed by atoms with Crippen LogP contribution in [-0.2, 0) is 43.2 Å². The second-order valence-corrected chi connectivity index (χ2v) is 17.0. The number of carbonyl (C=O) groups excluding carboxylic acids is 7. The van der Waals surface area contributed by atoms with Crippen LogP contribution >= 0.6 is 0 Å². The summed E-state index contributed by atoms with van der Waals surface area (Å²) in [5, 5.41) is 41.0. The Morgan fingerprint density at radius 3 is 1.67 bits per heavy atom. The van der Waals surface area contributed by atoms with Crippen LogP contribution in [0.3, 0.4) is 0 Å². The van der Waals surface area contributed by atoms with Gasteiger partial charge in [-0.15, -0.1) is 0 Å². The lowest BCUT2D eigenvalue weighted by molar-refractivity contribution is -0.146. The van der Waals surface area contributed by atoms with Crippen molar-refractivity contribution < 1.29 is 58.5 Å². The number of aliphatic carboxylic acids is 2. The number of carboxylic acids is 2. The van der Waals surface area contributed by atoms with Crippen molar-refractivity contribution in [3.63, 3.8) is 0 Å². The molecule has 0 bridgehead atoms. The molecule has 21 nitrogen and oxygen atoms in total. The van der Waals surface area contributed by atoms with Crippen molar-refractivity contribution in [3.05, 3.63) is 0 Å². The standard InChI is InChI=1S/C40H69N9O12/c1-21(2)19-27(45-37(57)31(22(3)4)46-34(54)25(11-7-8-16-41)43-33(53)24(42)20-50)38(58)48-17-9-13-29(48)36(56)47-32(23(5)6)39(59)49-18-10-12-28(49)35(55)44-26(40(60)61)14-15-30(51)52/h21-29,31-32,50H,7-20,41-42H2,1-6H3,(H,43,53)(H,44,55)(H,45,57)(H,46,54)(H,47,56)(H,51,52)(H,60,61)/t24-,25-,26-,27-,28-,29-,31-,32-/m0/s1. The lowest BCUT2D eigenvalue weighted by atomic mass is 9.98. The minimum absolute atomic E-state index is 0.0920. The monoisotopic (exact) mass is 868 g/mol. The number of nitrogens with zero attached hydrogens (tertiary/aromatic N) is 2. The summed E-state index contributed by atoms with van der Waals surface area (Å²) >= 11 is 0. The molecule has 0 aromatic rings. The summed E-state index contributed by atoms with van der Waals surface area (Å²) in [6.07, 6.45) is 1.95. The molecule has 346 valence electrons. The molecule has 2 aliphatic rings. The highest BCUT2D eigenvalue weighted by Gasteiger charge is 2.43. The molecule has 0 unspecified atom stereocenters. The normalized spacial score (nSPS) is 19.4. The fourth-order valence-corrected chi connectivity index (χ4v) is 7.41. The SMILES string of the molecule is CC(C)C[C@H](NC(=O)[C@@H](NC(=O)[C@H](CCCCN)NC(=O)[C@@H](N)CO)C(C)C)C(=O)N1CCC[C@H]1C(=O)N[C@H](C(=O)N1CCC[C@H]1C(=O)N[C@@H](CCC(=O)O)C(=O)O)C(C)C. The molecule has 21 heteroatoms. The second kappa shape index (κ2) is 25.1. The Balaban J connectivity index is 2.25. The molecule has 2 fully saturated rings. The Morgan fingerprint density at radius 1 is 0.639 bits per heavy atom. The molecule has 0 aromatic heterocycles. The number of unbranched alkanes of at least 4 members (excludes halogenated alkanes) is 1. The van der Waals surface area contributed by atoms with Crippen LogP contribution in [0.2, 0.25) is 0 Å². The van der Waals surface area contributed by atoms with E-state index in [0.717, 1.165) is 0 Å². The van der Waals surface area contributed by atoms with Gasteiger partial charge in [0, 0.05) is 19.5 Å². The van der Waals surface area contributed by atoms with Gasteiger partial charge < -0.3 is 63.2 Å². The average Bonchev–Trinajstić information content (AvgIpc) is 3.89. The predicted octanol–water partition coefficient (Wildman–Crippen LogP) is -1.85. The first-order valence-corrected chi connectivity index (χ1v) is 21.3. The van der Waals surface area contributed by atoms with Gasteiger partial charge in [-0.3, -0.25) is 38.4 Å². The van der Waals surface area contributed by atoms with Gasteiger partial charge in [-0.25, -0.2) is 4.79 Å². The van der Waals surface area contributed by atoms with Crippen LogP contribution in [0.1, 0.15) is 106 Å². The first-order chi connectivity index (χ1) is 28.6. The smallest absolute Gasteiger partial charge is 0.326 e. The molecule has 8 atom stereocenters. The average molecular weight is 868 g/mol. The number of rotatable bonds is 25. The van der Waals surface area contributed by atoms with Crippen molar-refractivity contribution in [1.82, 2.24) is 36.4 Å². The van der Waals surface area contributed by atoms with E-state index in [4.69, 9.17) is 16.6 Å². The van der Waals surface area contributed by atoms with Crippen molar-refractivity contribution >= 4 is 53.3 Å². The number of amides is 7. The number of likely N-dealkylation sites (tertiary alicyclic amines) is 2. The first-order valence-electron chi connectivity index (χ1n) is 21.3. The molecule has 0 aromatic carbocycles. The van der Waals surface area contributed by atoms with Gasteiger partial charge in [-0.05, 0) is 82.1 Å². The minimum atomic E-state index is -1.48. The summed E-state index contributed by atoms with van der Waals surface area (Å²) in [4.78, 5) is 121. The number of hydrogen-bond donors (Lipinski definition) is 10. The summed E-state index contributed by atoms with van der Waals surface area (Å²) in [6, 6.07) is -9.23. The van der Waals surface area contributed by atoms with Gasteiger partial charge in [-0.1, -0.05) is 41.5 Å². The summed E-state index contributed by atoms with van der Waals surface area (Å²) < 4.78 is 0. The second-order valence-electron chi connectivity index (χ2n) is 17.0. The number of nitrogens with two attached hydrogens (primary N) is 2. The largest absolute Gasteiger partial charge is 0.481 e. The zero-order valence-corrected chi connectivity index (χ0v) is 36.3. The molecule has 2 saturated heterocycles. The summed E-state index contributed by atoms with van der Waals surface area (Å²) in [5.41, 5.74) is 11.3. The van der Waals surface area contributed by atoms with Crippen LogP contribution in [0.4, 0.5) is 0 Å². The third-order valence-corrected chi connectivity index (χ3v) is 10.9. The highest BCUT2D eigenvalue weighted by atomic mass is 16.4. The van der Waals surface area contributed by atoms with E-state index in [1.54, 1.807) is 27.7 Å². The van der Waals surface area contributed by atoms with E-state index in [1.807, 2.05) is 13.8 Å². The van der Waals surface area contributed by atoms with Crippen LogP contribution in [0, 0.1) is 17.8 Å². The highest BCUT2D eigenvalue weighted by molar-refractivity contribution is 5.98. The van der Waals surface area contributed by atoms with Crippen LogP contribution in [0.15, 0.2) is 0 Å². The number of nitrogens with one attached hydrogen (secondary N) is 5. The van der Waals surface area contributed by atoms with Gasteiger partial charge in [-0.2, -0.15) is 0 Å². The zero-order chi connectivity index (χ0) is 46.1. The molecular formula is C40H69N9O12. The third-order valence-electron chi connectivity index (χ3n) is 10.9. The summed E-state index contributed by atoms with van der Waals surface area (Å²) in [6.45, 7) is 10.6. The van der Waals surface area contributed by atoms with Gasteiger partial charge in [0.05, 0.1) is 6.61 Å². The van der Waals surface area contributed by atoms with Gasteiger partial charge in [0.15, 0.2) is 0 Å². The minimum Gasteiger partial charge on any atom is -0.481 e. The number of hydrogen-bond acceptors (Lipinski definition) is 12. The van der Waals surface area contributed by atoms with E-state index in [0.29, 0.717) is 32.2 Å². The molecule has 0 saturated carbocycles. The van der Waals surface area contributed by atoms with Crippen LogP contribution in [0.25, 0.3) is 0 Å². The molecule has 2 aliphatic heterocycles. The first kappa shape index (κ1) is 52.2. The maximum Gasteiger partial charge on any atom is 0.326 e. The van der Waals surface area contributed by atoms with E-state index < -0.39 is 126 Å². The number of carbonyl (C=O) groups is 9. The van der Waals surface area contributed by atoms with Crippen molar-refractivity contribution in [2.24, 2.45) is 29.2 Å². The van der Waals surface area contributed by atoms with Crippen molar-refractivity contribution in [2.75, 3.05) is 26.2 Å². The maximum atomic E-state index is 14.3. The van der Waals surface area contributed by atoms with Crippen LogP contribution in [0.5, 0.6) is 0 Å². The molecule has 12 N–H and O–H groups in total. The van der Waals surface area contributed by atoms with Gasteiger partial charge >= 0.3 is 11.9 Å². The lowest BCUT2D eigenvalue weighted by Gasteiger charge is -2.34. The molecule has 0 aliphatic carbocycles. The van der Waals surface area contributed by atoms with Crippen molar-refractivity contribution in [1.29, 1.82) is 0 Å². The van der Waals surface area contributed by atoms with Crippen molar-refractivity contribution in [2.45, 2.75) is 154 Å². The van der Waals surface area contributed by atoms with Gasteiger partial charge in [0.2, 0.25) is 41.4 Å². The van der Waals surface area contributed by atoms with Gasteiger partial charge in [0.25, 0.3) is 0 Å². The van der Waals surface area contributed by atoms with E-state index >= 15 is 0 Å². The molecule has 0 radical (unpaired) electrons. The summed E-state index contributed by atoms with van der Waals surface area (Å²) in [5.74, 6) is -8.20. The van der Waals surface area contributed by atoms with Gasteiger partial charge in [0.1, 0.15) is 48.3 Å².